The Bertz CT molecular complexity index is 602. The minimum Gasteiger partial charge on any atom is -0.332 e. The Morgan fingerprint density at radius 1 is 1.33 bits per heavy atom. The van der Waals surface area contributed by atoms with Crippen molar-refractivity contribution < 1.29 is 9.18 Å². The Kier molecular flexibility index (Phi) is 4.40. The maximum Gasteiger partial charge on any atom is 0.245 e. The molecular formula is C16H20FN3O. The van der Waals surface area contributed by atoms with Crippen molar-refractivity contribution in [1.82, 2.24) is 14.7 Å². The predicted molar refractivity (Wildman–Crippen MR) is 78.9 cm³/mol. The van der Waals surface area contributed by atoms with Gasteiger partial charge in [-0.05, 0) is 44.5 Å². The monoisotopic (exact) mass is 289 g/mol. The van der Waals surface area contributed by atoms with E-state index in [1.165, 1.54) is 12.1 Å². The molecule has 1 heterocycles. The number of amides is 1. The smallest absolute Gasteiger partial charge is 0.245 e. The van der Waals surface area contributed by atoms with Crippen LogP contribution in [0, 0.1) is 5.82 Å². The van der Waals surface area contributed by atoms with Crippen LogP contribution in [-0.4, -0.2) is 26.1 Å². The second kappa shape index (κ2) is 6.08. The standard InChI is InChI=1S/C16H20FN3O/c1-16(2,3)20(11-13-6-4-7-14(17)10-13)15(21)12-19-9-5-8-18-19/h4-10H,11-12H2,1-3H3. The first-order valence-corrected chi connectivity index (χ1v) is 6.88. The molecule has 21 heavy (non-hydrogen) atoms. The molecule has 0 atom stereocenters. The lowest BCUT2D eigenvalue weighted by atomic mass is 10.0. The van der Waals surface area contributed by atoms with Gasteiger partial charge in [0.05, 0.1) is 0 Å². The molecule has 0 aliphatic rings. The molecule has 0 spiro atoms. The summed E-state index contributed by atoms with van der Waals surface area (Å²) in [6.07, 6.45) is 3.39. The number of benzene rings is 1. The van der Waals surface area contributed by atoms with E-state index < -0.39 is 0 Å². The highest BCUT2D eigenvalue weighted by atomic mass is 19.1. The fourth-order valence-electron chi connectivity index (χ4n) is 2.14. The summed E-state index contributed by atoms with van der Waals surface area (Å²) in [5.74, 6) is -0.337. The summed E-state index contributed by atoms with van der Waals surface area (Å²) in [6, 6.07) is 8.12. The molecule has 0 aliphatic carbocycles. The number of carbonyl (C=O) groups excluding carboxylic acids is 1. The Morgan fingerprint density at radius 3 is 2.67 bits per heavy atom. The SMILES string of the molecule is CC(C)(C)N(Cc1cccc(F)c1)C(=O)Cn1cccn1. The summed E-state index contributed by atoms with van der Waals surface area (Å²) in [4.78, 5) is 14.3. The molecule has 4 nitrogen and oxygen atoms in total. The van der Waals surface area contributed by atoms with E-state index in [0.29, 0.717) is 6.54 Å². The molecule has 0 unspecified atom stereocenters. The Morgan fingerprint density at radius 2 is 2.10 bits per heavy atom. The van der Waals surface area contributed by atoms with Crippen LogP contribution in [0.2, 0.25) is 0 Å². The maximum atomic E-state index is 13.3. The lowest BCUT2D eigenvalue weighted by Crippen LogP contribution is -2.46. The molecule has 0 bridgehead atoms. The molecule has 0 saturated carbocycles. The van der Waals surface area contributed by atoms with Gasteiger partial charge in [-0.3, -0.25) is 9.48 Å². The van der Waals surface area contributed by atoms with E-state index in [9.17, 15) is 9.18 Å². The first-order valence-electron chi connectivity index (χ1n) is 6.88. The van der Waals surface area contributed by atoms with Crippen LogP contribution < -0.4 is 0 Å². The molecule has 0 fully saturated rings. The van der Waals surface area contributed by atoms with Gasteiger partial charge in [0, 0.05) is 24.5 Å². The fraction of sp³-hybridized carbons (Fsp3) is 0.375. The number of carbonyl (C=O) groups is 1. The van der Waals surface area contributed by atoms with Gasteiger partial charge >= 0.3 is 0 Å². The van der Waals surface area contributed by atoms with Gasteiger partial charge in [-0.2, -0.15) is 5.10 Å². The Labute approximate surface area is 124 Å². The summed E-state index contributed by atoms with van der Waals surface area (Å²) < 4.78 is 14.9. The molecule has 0 saturated heterocycles. The highest BCUT2D eigenvalue weighted by Crippen LogP contribution is 2.18. The van der Waals surface area contributed by atoms with Gasteiger partial charge in [-0.1, -0.05) is 12.1 Å². The molecule has 1 aromatic heterocycles. The second-order valence-corrected chi connectivity index (χ2v) is 5.98. The van der Waals surface area contributed by atoms with Crippen LogP contribution in [0.5, 0.6) is 0 Å². The van der Waals surface area contributed by atoms with Crippen molar-refractivity contribution in [2.75, 3.05) is 0 Å². The second-order valence-electron chi connectivity index (χ2n) is 5.98. The summed E-state index contributed by atoms with van der Waals surface area (Å²) in [7, 11) is 0. The van der Waals surface area contributed by atoms with Crippen molar-refractivity contribution in [3.63, 3.8) is 0 Å². The van der Waals surface area contributed by atoms with Crippen LogP contribution in [-0.2, 0) is 17.9 Å². The van der Waals surface area contributed by atoms with E-state index in [2.05, 4.69) is 5.10 Å². The van der Waals surface area contributed by atoms with Crippen LogP contribution in [0.15, 0.2) is 42.7 Å². The molecule has 0 radical (unpaired) electrons. The first-order chi connectivity index (χ1) is 9.86. The third-order valence-electron chi connectivity index (χ3n) is 3.20. The lowest BCUT2D eigenvalue weighted by Gasteiger charge is -2.36. The van der Waals surface area contributed by atoms with Crippen LogP contribution in [0.4, 0.5) is 4.39 Å². The van der Waals surface area contributed by atoms with Crippen LogP contribution in [0.3, 0.4) is 0 Å². The van der Waals surface area contributed by atoms with Crippen molar-refractivity contribution in [2.45, 2.75) is 39.4 Å². The molecule has 2 rings (SSSR count). The highest BCUT2D eigenvalue weighted by molar-refractivity contribution is 5.76. The summed E-state index contributed by atoms with van der Waals surface area (Å²) in [6.45, 7) is 6.45. The number of hydrogen-bond acceptors (Lipinski definition) is 2. The summed E-state index contributed by atoms with van der Waals surface area (Å²) in [5, 5.41) is 4.05. The van der Waals surface area contributed by atoms with Crippen molar-refractivity contribution in [3.8, 4) is 0 Å². The van der Waals surface area contributed by atoms with E-state index in [-0.39, 0.29) is 23.8 Å². The van der Waals surface area contributed by atoms with E-state index in [1.54, 1.807) is 34.1 Å². The molecule has 1 amide bonds. The molecule has 5 heteroatoms. The zero-order valence-corrected chi connectivity index (χ0v) is 12.6. The topological polar surface area (TPSA) is 38.1 Å². The molecule has 2 aromatic rings. The minimum absolute atomic E-state index is 0.0459. The molecule has 0 N–H and O–H groups in total. The third-order valence-corrected chi connectivity index (χ3v) is 3.20. The summed E-state index contributed by atoms with van der Waals surface area (Å²) >= 11 is 0. The van der Waals surface area contributed by atoms with E-state index in [0.717, 1.165) is 5.56 Å². The maximum absolute atomic E-state index is 13.3. The van der Waals surface area contributed by atoms with Gasteiger partial charge < -0.3 is 4.90 Å². The number of hydrogen-bond donors (Lipinski definition) is 0. The molecule has 112 valence electrons. The normalized spacial score (nSPS) is 11.4. The number of aromatic nitrogens is 2. The van der Waals surface area contributed by atoms with Gasteiger partial charge in [0.2, 0.25) is 5.91 Å². The summed E-state index contributed by atoms with van der Waals surface area (Å²) in [5.41, 5.74) is 0.426. The van der Waals surface area contributed by atoms with Crippen molar-refractivity contribution in [3.05, 3.63) is 54.1 Å². The van der Waals surface area contributed by atoms with Gasteiger partial charge in [-0.15, -0.1) is 0 Å². The van der Waals surface area contributed by atoms with Crippen molar-refractivity contribution in [1.29, 1.82) is 0 Å². The minimum atomic E-state index is -0.351. The third kappa shape index (κ3) is 4.15. The first kappa shape index (κ1) is 15.2. The van der Waals surface area contributed by atoms with Crippen LogP contribution in [0.25, 0.3) is 0 Å². The average molecular weight is 289 g/mol. The lowest BCUT2D eigenvalue weighted by molar-refractivity contribution is -0.137. The number of nitrogens with zero attached hydrogens (tertiary/aromatic N) is 3. The van der Waals surface area contributed by atoms with Crippen LogP contribution >= 0.6 is 0 Å². The van der Waals surface area contributed by atoms with Crippen molar-refractivity contribution >= 4 is 5.91 Å². The van der Waals surface area contributed by atoms with Crippen molar-refractivity contribution in [2.24, 2.45) is 0 Å². The Balaban J connectivity index is 2.16. The van der Waals surface area contributed by atoms with E-state index in [1.807, 2.05) is 26.8 Å². The van der Waals surface area contributed by atoms with Gasteiger partial charge in [0.25, 0.3) is 0 Å². The quantitative estimate of drug-likeness (QED) is 0.868. The number of halogens is 1. The predicted octanol–water partition coefficient (Wildman–Crippen LogP) is 2.85. The van der Waals surface area contributed by atoms with E-state index >= 15 is 0 Å². The highest BCUT2D eigenvalue weighted by Gasteiger charge is 2.26. The molecule has 1 aromatic carbocycles. The zero-order chi connectivity index (χ0) is 15.5. The average Bonchev–Trinajstić information content (AvgIpc) is 2.87. The van der Waals surface area contributed by atoms with Gasteiger partial charge in [-0.25, -0.2) is 4.39 Å². The fourth-order valence-corrected chi connectivity index (χ4v) is 2.14. The molecule has 0 aliphatic heterocycles. The Hall–Kier alpha value is -2.17. The largest absolute Gasteiger partial charge is 0.332 e. The van der Waals surface area contributed by atoms with Crippen LogP contribution in [0.1, 0.15) is 26.3 Å². The van der Waals surface area contributed by atoms with Gasteiger partial charge in [0.1, 0.15) is 12.4 Å². The van der Waals surface area contributed by atoms with E-state index in [4.69, 9.17) is 0 Å². The molecular weight excluding hydrogens is 269 g/mol. The number of rotatable bonds is 4. The zero-order valence-electron chi connectivity index (χ0n) is 12.6. The van der Waals surface area contributed by atoms with Gasteiger partial charge in [0.15, 0.2) is 0 Å².